The van der Waals surface area contributed by atoms with Crippen LogP contribution in [-0.2, 0) is 19.6 Å². The van der Waals surface area contributed by atoms with Gasteiger partial charge in [-0.3, -0.25) is 14.3 Å². The van der Waals surface area contributed by atoms with Crippen molar-refractivity contribution in [2.24, 2.45) is 0 Å². The molecule has 1 fully saturated rings. The Balaban J connectivity index is 1.54. The second-order valence-electron chi connectivity index (χ2n) is 7.16. The Kier molecular flexibility index (Phi) is 5.31. The summed E-state index contributed by atoms with van der Waals surface area (Å²) in [6, 6.07) is 8.44. The summed E-state index contributed by atoms with van der Waals surface area (Å²) >= 11 is 0. The zero-order valence-corrected chi connectivity index (χ0v) is 15.4. The van der Waals surface area contributed by atoms with Gasteiger partial charge in [-0.2, -0.15) is 5.10 Å². The SMILES string of the molecule is O=c1c2cnn(CCO)c2ncn1Cc1cccc(CN2CCCCC2)c1. The van der Waals surface area contributed by atoms with E-state index in [1.54, 1.807) is 15.6 Å². The van der Waals surface area contributed by atoms with Crippen molar-refractivity contribution in [1.82, 2.24) is 24.2 Å². The van der Waals surface area contributed by atoms with Gasteiger partial charge >= 0.3 is 0 Å². The van der Waals surface area contributed by atoms with E-state index >= 15 is 0 Å². The molecule has 0 spiro atoms. The maximum Gasteiger partial charge on any atom is 0.264 e. The first-order valence-electron chi connectivity index (χ1n) is 9.56. The van der Waals surface area contributed by atoms with Gasteiger partial charge in [0.2, 0.25) is 0 Å². The van der Waals surface area contributed by atoms with E-state index in [4.69, 9.17) is 5.11 Å². The molecule has 1 aromatic carbocycles. The number of nitrogens with zero attached hydrogens (tertiary/aromatic N) is 5. The number of likely N-dealkylation sites (tertiary alicyclic amines) is 1. The molecule has 3 aromatic rings. The number of hydrogen-bond donors (Lipinski definition) is 1. The van der Waals surface area contributed by atoms with E-state index < -0.39 is 0 Å². The third-order valence-corrected chi connectivity index (χ3v) is 5.13. The fourth-order valence-corrected chi connectivity index (χ4v) is 3.77. The number of rotatable bonds is 6. The Hall–Kier alpha value is -2.51. The van der Waals surface area contributed by atoms with Crippen LogP contribution in [0.5, 0.6) is 0 Å². The molecule has 1 N–H and O–H groups in total. The van der Waals surface area contributed by atoms with Crippen LogP contribution in [0.1, 0.15) is 30.4 Å². The number of aromatic nitrogens is 4. The summed E-state index contributed by atoms with van der Waals surface area (Å²) in [5.41, 5.74) is 2.79. The highest BCUT2D eigenvalue weighted by Gasteiger charge is 2.12. The molecule has 0 saturated carbocycles. The number of aliphatic hydroxyl groups is 1. The highest BCUT2D eigenvalue weighted by atomic mass is 16.3. The summed E-state index contributed by atoms with van der Waals surface area (Å²) in [7, 11) is 0. The third kappa shape index (κ3) is 3.94. The Morgan fingerprint density at radius 2 is 1.85 bits per heavy atom. The van der Waals surface area contributed by atoms with E-state index in [0.29, 0.717) is 24.1 Å². The van der Waals surface area contributed by atoms with Gasteiger partial charge in [-0.1, -0.05) is 30.7 Å². The predicted molar refractivity (Wildman–Crippen MR) is 104 cm³/mol. The highest BCUT2D eigenvalue weighted by molar-refractivity contribution is 5.72. The standard InChI is InChI=1S/C20H25N5O2/c26-10-9-25-19-18(12-22-25)20(27)24(15-21-19)14-17-6-4-5-16(11-17)13-23-7-2-1-3-8-23/h4-6,11-12,15,26H,1-3,7-10,13-14H2. The average molecular weight is 367 g/mol. The first-order chi connectivity index (χ1) is 13.2. The fraction of sp³-hybridized carbons (Fsp3) is 0.450. The van der Waals surface area contributed by atoms with Crippen molar-refractivity contribution in [2.75, 3.05) is 19.7 Å². The van der Waals surface area contributed by atoms with Gasteiger partial charge in [0.15, 0.2) is 5.65 Å². The van der Waals surface area contributed by atoms with Gasteiger partial charge in [0.1, 0.15) is 11.7 Å². The smallest absolute Gasteiger partial charge is 0.264 e. The van der Waals surface area contributed by atoms with Crippen molar-refractivity contribution in [3.8, 4) is 0 Å². The first kappa shape index (κ1) is 17.9. The van der Waals surface area contributed by atoms with Crippen LogP contribution < -0.4 is 5.56 Å². The van der Waals surface area contributed by atoms with Crippen molar-refractivity contribution in [1.29, 1.82) is 0 Å². The average Bonchev–Trinajstić information content (AvgIpc) is 3.09. The molecule has 0 unspecified atom stereocenters. The van der Waals surface area contributed by atoms with E-state index in [-0.39, 0.29) is 12.2 Å². The zero-order valence-electron chi connectivity index (χ0n) is 15.4. The van der Waals surface area contributed by atoms with Gasteiger partial charge in [0.25, 0.3) is 5.56 Å². The summed E-state index contributed by atoms with van der Waals surface area (Å²) in [6.07, 6.45) is 7.00. The minimum Gasteiger partial charge on any atom is -0.394 e. The minimum absolute atomic E-state index is 0.0364. The lowest BCUT2D eigenvalue weighted by molar-refractivity contribution is 0.221. The molecule has 4 rings (SSSR count). The molecule has 0 amide bonds. The molecular formula is C20H25N5O2. The lowest BCUT2D eigenvalue weighted by Gasteiger charge is -2.26. The second kappa shape index (κ2) is 8.02. The molecule has 7 nitrogen and oxygen atoms in total. The van der Waals surface area contributed by atoms with Gasteiger partial charge in [-0.25, -0.2) is 9.67 Å². The molecule has 27 heavy (non-hydrogen) atoms. The number of fused-ring (bicyclic) bond motifs is 1. The highest BCUT2D eigenvalue weighted by Crippen LogP contribution is 2.15. The third-order valence-electron chi connectivity index (χ3n) is 5.13. The Morgan fingerprint density at radius 1 is 1.07 bits per heavy atom. The molecule has 1 saturated heterocycles. The van der Waals surface area contributed by atoms with Crippen LogP contribution in [0.15, 0.2) is 41.6 Å². The molecular weight excluding hydrogens is 342 g/mol. The molecule has 0 atom stereocenters. The summed E-state index contributed by atoms with van der Waals surface area (Å²) in [4.78, 5) is 19.6. The van der Waals surface area contributed by atoms with Crippen molar-refractivity contribution in [2.45, 2.75) is 38.9 Å². The maximum absolute atomic E-state index is 12.8. The number of piperidine rings is 1. The van der Waals surface area contributed by atoms with Crippen LogP contribution in [0.4, 0.5) is 0 Å². The number of hydrogen-bond acceptors (Lipinski definition) is 5. The van der Waals surface area contributed by atoms with Gasteiger partial charge in [-0.15, -0.1) is 0 Å². The van der Waals surface area contributed by atoms with E-state index in [0.717, 1.165) is 12.1 Å². The Labute approximate surface area is 157 Å². The number of benzene rings is 1. The fourth-order valence-electron chi connectivity index (χ4n) is 3.77. The molecule has 3 heterocycles. The predicted octanol–water partition coefficient (Wildman–Crippen LogP) is 1.62. The largest absolute Gasteiger partial charge is 0.394 e. The van der Waals surface area contributed by atoms with E-state index in [9.17, 15) is 4.79 Å². The molecule has 7 heteroatoms. The van der Waals surface area contributed by atoms with Crippen molar-refractivity contribution in [3.63, 3.8) is 0 Å². The summed E-state index contributed by atoms with van der Waals surface area (Å²) in [5, 5.41) is 13.7. The first-order valence-corrected chi connectivity index (χ1v) is 9.56. The van der Waals surface area contributed by atoms with Crippen molar-refractivity contribution in [3.05, 3.63) is 58.3 Å². The topological polar surface area (TPSA) is 76.2 Å². The summed E-state index contributed by atoms with van der Waals surface area (Å²) in [6.45, 7) is 4.09. The summed E-state index contributed by atoms with van der Waals surface area (Å²) < 4.78 is 3.17. The maximum atomic E-state index is 12.8. The molecule has 0 bridgehead atoms. The molecule has 1 aliphatic rings. The summed E-state index contributed by atoms with van der Waals surface area (Å²) in [5.74, 6) is 0. The molecule has 0 aliphatic carbocycles. The van der Waals surface area contributed by atoms with Gasteiger partial charge < -0.3 is 5.11 Å². The lowest BCUT2D eigenvalue weighted by atomic mass is 10.1. The van der Waals surface area contributed by atoms with E-state index in [1.165, 1.54) is 44.1 Å². The molecule has 142 valence electrons. The van der Waals surface area contributed by atoms with Crippen LogP contribution >= 0.6 is 0 Å². The van der Waals surface area contributed by atoms with Gasteiger partial charge in [-0.05, 0) is 37.1 Å². The monoisotopic (exact) mass is 367 g/mol. The van der Waals surface area contributed by atoms with Crippen LogP contribution in [0.3, 0.4) is 0 Å². The van der Waals surface area contributed by atoms with Crippen LogP contribution in [0.2, 0.25) is 0 Å². The molecule has 1 aliphatic heterocycles. The quantitative estimate of drug-likeness (QED) is 0.716. The van der Waals surface area contributed by atoms with Crippen LogP contribution in [0, 0.1) is 0 Å². The minimum atomic E-state index is -0.106. The molecule has 2 aromatic heterocycles. The Bertz CT molecular complexity index is 972. The lowest BCUT2D eigenvalue weighted by Crippen LogP contribution is -2.29. The molecule has 0 radical (unpaired) electrons. The van der Waals surface area contributed by atoms with Crippen LogP contribution in [-0.4, -0.2) is 49.0 Å². The van der Waals surface area contributed by atoms with Crippen molar-refractivity contribution >= 4 is 11.0 Å². The van der Waals surface area contributed by atoms with Gasteiger partial charge in [0, 0.05) is 6.54 Å². The van der Waals surface area contributed by atoms with Crippen molar-refractivity contribution < 1.29 is 5.11 Å². The van der Waals surface area contributed by atoms with Gasteiger partial charge in [0.05, 0.1) is 25.9 Å². The normalized spacial score (nSPS) is 15.4. The zero-order chi connectivity index (χ0) is 18.6. The second-order valence-corrected chi connectivity index (χ2v) is 7.16. The Morgan fingerprint density at radius 3 is 2.63 bits per heavy atom. The van der Waals surface area contributed by atoms with E-state index in [2.05, 4.69) is 33.2 Å². The van der Waals surface area contributed by atoms with E-state index in [1.807, 2.05) is 6.07 Å². The van der Waals surface area contributed by atoms with Crippen LogP contribution in [0.25, 0.3) is 11.0 Å². The number of aliphatic hydroxyl groups excluding tert-OH is 1.